The number of unbranched alkanes of at least 4 members (excludes halogenated alkanes) is 1. The molecule has 8 heteroatoms. The Kier molecular flexibility index (Phi) is 9.45. The first-order chi connectivity index (χ1) is 12.9. The van der Waals surface area contributed by atoms with E-state index in [1.165, 1.54) is 17.7 Å². The van der Waals surface area contributed by atoms with Gasteiger partial charge in [-0.2, -0.15) is 0 Å². The number of rotatable bonds is 9. The second-order valence-corrected chi connectivity index (χ2v) is 8.11. The first-order valence-electron chi connectivity index (χ1n) is 9.08. The van der Waals surface area contributed by atoms with Crippen LogP contribution in [0.2, 0.25) is 0 Å². The highest BCUT2D eigenvalue weighted by Gasteiger charge is 2.18. The molecule has 0 saturated carbocycles. The molecule has 28 heavy (non-hydrogen) atoms. The van der Waals surface area contributed by atoms with E-state index in [2.05, 4.69) is 17.0 Å². The third kappa shape index (κ3) is 6.51. The van der Waals surface area contributed by atoms with Crippen LogP contribution in [0.1, 0.15) is 41.3 Å². The number of hydrogen-bond donors (Lipinski definition) is 3. The minimum Gasteiger partial charge on any atom is -0.351 e. The van der Waals surface area contributed by atoms with Crippen LogP contribution in [-0.4, -0.2) is 27.4 Å². The molecule has 0 aliphatic carbocycles. The average molecular weight is 426 g/mol. The molecule has 0 radical (unpaired) electrons. The summed E-state index contributed by atoms with van der Waals surface area (Å²) in [5, 5.41) is 2.66. The Labute approximate surface area is 173 Å². The van der Waals surface area contributed by atoms with Crippen molar-refractivity contribution in [3.63, 3.8) is 0 Å². The van der Waals surface area contributed by atoms with Crippen molar-refractivity contribution in [2.24, 2.45) is 5.73 Å². The second-order valence-electron chi connectivity index (χ2n) is 6.43. The average Bonchev–Trinajstić information content (AvgIpc) is 2.65. The number of amides is 1. The van der Waals surface area contributed by atoms with Crippen molar-refractivity contribution in [2.45, 2.75) is 38.0 Å². The molecule has 0 unspecified atom stereocenters. The van der Waals surface area contributed by atoms with Crippen LogP contribution in [0.25, 0.3) is 0 Å². The van der Waals surface area contributed by atoms with Crippen LogP contribution in [0.5, 0.6) is 0 Å². The number of benzene rings is 2. The largest absolute Gasteiger partial charge is 0.351 e. The van der Waals surface area contributed by atoms with E-state index >= 15 is 0 Å². The van der Waals surface area contributed by atoms with Gasteiger partial charge in [0.2, 0.25) is 0 Å². The quantitative estimate of drug-likeness (QED) is 0.573. The fourth-order valence-corrected chi connectivity index (χ4v) is 3.71. The summed E-state index contributed by atoms with van der Waals surface area (Å²) < 4.78 is 28.0. The molecule has 0 bridgehead atoms. The van der Waals surface area contributed by atoms with E-state index in [0.29, 0.717) is 29.9 Å². The third-order valence-corrected chi connectivity index (χ3v) is 5.60. The van der Waals surface area contributed by atoms with E-state index in [1.807, 2.05) is 12.1 Å². The van der Waals surface area contributed by atoms with Crippen LogP contribution in [0, 0.1) is 6.92 Å². The first-order valence-corrected chi connectivity index (χ1v) is 10.6. The van der Waals surface area contributed by atoms with Crippen LogP contribution in [0.3, 0.4) is 0 Å². The summed E-state index contributed by atoms with van der Waals surface area (Å²) >= 11 is 0. The van der Waals surface area contributed by atoms with Gasteiger partial charge in [0, 0.05) is 24.3 Å². The summed E-state index contributed by atoms with van der Waals surface area (Å²) in [6.45, 7) is 4.54. The van der Waals surface area contributed by atoms with E-state index in [0.717, 1.165) is 19.3 Å². The molecule has 1 amide bonds. The van der Waals surface area contributed by atoms with Crippen LogP contribution in [0.4, 0.5) is 5.69 Å². The number of anilines is 1. The first kappa shape index (κ1) is 23.9. The number of carbonyl (C=O) groups excluding carboxylic acids is 1. The Morgan fingerprint density at radius 3 is 2.39 bits per heavy atom. The fourth-order valence-electron chi connectivity index (χ4n) is 2.63. The highest BCUT2D eigenvalue weighted by Crippen LogP contribution is 2.20. The number of carbonyl (C=O) groups is 1. The van der Waals surface area contributed by atoms with Gasteiger partial charge in [0.1, 0.15) is 0 Å². The van der Waals surface area contributed by atoms with Gasteiger partial charge in [-0.25, -0.2) is 8.42 Å². The highest BCUT2D eigenvalue weighted by molar-refractivity contribution is 7.92. The number of hydrogen-bond acceptors (Lipinski definition) is 4. The zero-order valence-electron chi connectivity index (χ0n) is 16.2. The van der Waals surface area contributed by atoms with Gasteiger partial charge in [-0.3, -0.25) is 9.52 Å². The van der Waals surface area contributed by atoms with E-state index in [1.54, 1.807) is 25.1 Å². The number of aryl methyl sites for hydroxylation is 2. The molecule has 6 nitrogen and oxygen atoms in total. The lowest BCUT2D eigenvalue weighted by Crippen LogP contribution is -2.29. The Morgan fingerprint density at radius 1 is 1.11 bits per heavy atom. The molecule has 4 N–H and O–H groups in total. The van der Waals surface area contributed by atoms with Crippen molar-refractivity contribution in [3.05, 3.63) is 59.2 Å². The SMILES string of the molecule is CCCCc1ccc(NS(=O)(=O)c2ccc(C)c(C(=O)NCCN)c2)cc1.Cl. The number of nitrogens with one attached hydrogen (secondary N) is 2. The molecule has 0 heterocycles. The minimum atomic E-state index is -3.79. The predicted molar refractivity (Wildman–Crippen MR) is 116 cm³/mol. The topological polar surface area (TPSA) is 101 Å². The van der Waals surface area contributed by atoms with Crippen LogP contribution in [-0.2, 0) is 16.4 Å². The Balaban J connectivity index is 0.00000392. The lowest BCUT2D eigenvalue weighted by molar-refractivity contribution is 0.0954. The van der Waals surface area contributed by atoms with Crippen LogP contribution < -0.4 is 15.8 Å². The second kappa shape index (κ2) is 11.0. The van der Waals surface area contributed by atoms with Crippen molar-refractivity contribution in [3.8, 4) is 0 Å². The maximum atomic E-state index is 12.7. The normalized spacial score (nSPS) is 10.8. The van der Waals surface area contributed by atoms with Gasteiger partial charge in [0.15, 0.2) is 0 Å². The van der Waals surface area contributed by atoms with E-state index in [-0.39, 0.29) is 23.2 Å². The van der Waals surface area contributed by atoms with Gasteiger partial charge in [-0.1, -0.05) is 31.5 Å². The van der Waals surface area contributed by atoms with Crippen LogP contribution in [0.15, 0.2) is 47.4 Å². The molecule has 0 atom stereocenters. The predicted octanol–water partition coefficient (Wildman–Crippen LogP) is 3.25. The number of sulfonamides is 1. The lowest BCUT2D eigenvalue weighted by atomic mass is 10.1. The highest BCUT2D eigenvalue weighted by atomic mass is 35.5. The Hall–Kier alpha value is -2.09. The third-order valence-electron chi connectivity index (χ3n) is 4.22. The monoisotopic (exact) mass is 425 g/mol. The van der Waals surface area contributed by atoms with Crippen molar-refractivity contribution >= 4 is 34.0 Å². The maximum Gasteiger partial charge on any atom is 0.261 e. The van der Waals surface area contributed by atoms with Gasteiger partial charge < -0.3 is 11.1 Å². The van der Waals surface area contributed by atoms with Crippen molar-refractivity contribution in [2.75, 3.05) is 17.8 Å². The van der Waals surface area contributed by atoms with Gasteiger partial charge in [-0.05, 0) is 55.2 Å². The Bertz CT molecular complexity index is 884. The summed E-state index contributed by atoms with van der Waals surface area (Å²) in [4.78, 5) is 12.2. The van der Waals surface area contributed by atoms with Crippen molar-refractivity contribution in [1.82, 2.24) is 5.32 Å². The van der Waals surface area contributed by atoms with Crippen LogP contribution >= 0.6 is 12.4 Å². The molecule has 2 aromatic rings. The molecule has 0 spiro atoms. The maximum absolute atomic E-state index is 12.7. The number of nitrogens with two attached hydrogens (primary N) is 1. The summed E-state index contributed by atoms with van der Waals surface area (Å²) in [6, 6.07) is 11.9. The molecule has 2 rings (SSSR count). The molecule has 0 aromatic heterocycles. The molecule has 154 valence electrons. The van der Waals surface area contributed by atoms with E-state index < -0.39 is 10.0 Å². The summed E-state index contributed by atoms with van der Waals surface area (Å²) in [7, 11) is -3.79. The van der Waals surface area contributed by atoms with Crippen molar-refractivity contribution < 1.29 is 13.2 Å². The summed E-state index contributed by atoms with van der Waals surface area (Å²) in [5.74, 6) is -0.338. The zero-order valence-corrected chi connectivity index (χ0v) is 17.8. The van der Waals surface area contributed by atoms with Gasteiger partial charge >= 0.3 is 0 Å². The van der Waals surface area contributed by atoms with E-state index in [4.69, 9.17) is 5.73 Å². The van der Waals surface area contributed by atoms with Gasteiger partial charge in [0.05, 0.1) is 4.90 Å². The molecular formula is C20H28ClN3O3S. The molecule has 0 aliphatic rings. The van der Waals surface area contributed by atoms with Crippen molar-refractivity contribution in [1.29, 1.82) is 0 Å². The summed E-state index contributed by atoms with van der Waals surface area (Å²) in [5.41, 5.74) is 8.08. The smallest absolute Gasteiger partial charge is 0.261 e. The Morgan fingerprint density at radius 2 is 1.79 bits per heavy atom. The van der Waals surface area contributed by atoms with Gasteiger partial charge in [0.25, 0.3) is 15.9 Å². The van der Waals surface area contributed by atoms with E-state index in [9.17, 15) is 13.2 Å². The zero-order chi connectivity index (χ0) is 19.9. The molecule has 0 saturated heterocycles. The number of halogens is 1. The standard InChI is InChI=1S/C20H27N3O3S.ClH/c1-3-4-5-16-7-9-17(10-8-16)23-27(25,26)18-11-6-15(2)19(14-18)20(24)22-13-12-21;/h6-11,14,23H,3-5,12-13,21H2,1-2H3,(H,22,24);1H. The van der Waals surface area contributed by atoms with Gasteiger partial charge in [-0.15, -0.1) is 12.4 Å². The molecular weight excluding hydrogens is 398 g/mol. The molecule has 2 aromatic carbocycles. The lowest BCUT2D eigenvalue weighted by Gasteiger charge is -2.12. The molecule has 0 fully saturated rings. The summed E-state index contributed by atoms with van der Waals surface area (Å²) in [6.07, 6.45) is 3.19. The minimum absolute atomic E-state index is 0. The fraction of sp³-hybridized carbons (Fsp3) is 0.350. The molecule has 0 aliphatic heterocycles.